The zero-order valence-corrected chi connectivity index (χ0v) is 11.6. The van der Waals surface area contributed by atoms with E-state index in [0.717, 1.165) is 5.56 Å². The summed E-state index contributed by atoms with van der Waals surface area (Å²) in [5.74, 6) is 0.0929. The average Bonchev–Trinajstić information content (AvgIpc) is 2.39. The molecule has 0 amide bonds. The first-order chi connectivity index (χ1) is 9.47. The number of hydrazone groups is 1. The molecule has 2 aromatic rings. The lowest BCUT2D eigenvalue weighted by Crippen LogP contribution is -2.18. The number of sulfonamides is 1. The zero-order valence-electron chi connectivity index (χ0n) is 10.8. The molecule has 6 heteroatoms. The zero-order chi connectivity index (χ0) is 14.6. The van der Waals surface area contributed by atoms with Gasteiger partial charge in [0.2, 0.25) is 0 Å². The highest BCUT2D eigenvalue weighted by molar-refractivity contribution is 7.89. The lowest BCUT2D eigenvalue weighted by molar-refractivity contribution is 0.475. The van der Waals surface area contributed by atoms with Crippen LogP contribution in [0.25, 0.3) is 0 Å². The highest BCUT2D eigenvalue weighted by Gasteiger charge is 2.11. The van der Waals surface area contributed by atoms with Crippen molar-refractivity contribution in [3.05, 3.63) is 59.7 Å². The second-order valence-electron chi connectivity index (χ2n) is 4.26. The Morgan fingerprint density at radius 3 is 2.50 bits per heavy atom. The molecule has 0 aliphatic rings. The number of aryl methyl sites for hydroxylation is 1. The largest absolute Gasteiger partial charge is 0.508 e. The van der Waals surface area contributed by atoms with Crippen LogP contribution in [0.3, 0.4) is 0 Å². The summed E-state index contributed by atoms with van der Waals surface area (Å²) in [4.78, 5) is 2.27. The molecule has 2 rings (SSSR count). The summed E-state index contributed by atoms with van der Waals surface area (Å²) in [6, 6.07) is 12.8. The van der Waals surface area contributed by atoms with E-state index in [1.807, 2.05) is 6.92 Å². The van der Waals surface area contributed by atoms with Crippen molar-refractivity contribution in [1.82, 2.24) is 4.83 Å². The summed E-state index contributed by atoms with van der Waals surface area (Å²) < 4.78 is 23.9. The van der Waals surface area contributed by atoms with E-state index >= 15 is 0 Å². The molecular formula is C14H14N2O3S. The Labute approximate surface area is 117 Å². The third kappa shape index (κ3) is 3.58. The van der Waals surface area contributed by atoms with Crippen LogP contribution >= 0.6 is 0 Å². The van der Waals surface area contributed by atoms with Gasteiger partial charge in [-0.05, 0) is 36.8 Å². The molecule has 0 saturated heterocycles. The monoisotopic (exact) mass is 290 g/mol. The number of rotatable bonds is 4. The quantitative estimate of drug-likeness (QED) is 0.668. The standard InChI is InChI=1S/C14H14N2O3S/c1-11-5-7-14(8-6-11)20(18,19)16-15-10-12-3-2-4-13(17)9-12/h2-10,16-17H,1H3/b15-10-. The van der Waals surface area contributed by atoms with Crippen LogP contribution in [-0.2, 0) is 10.0 Å². The molecule has 104 valence electrons. The Kier molecular flexibility index (Phi) is 4.05. The van der Waals surface area contributed by atoms with Crippen LogP contribution in [0.1, 0.15) is 11.1 Å². The number of nitrogens with one attached hydrogen (secondary N) is 1. The number of hydrogen-bond acceptors (Lipinski definition) is 4. The van der Waals surface area contributed by atoms with Crippen molar-refractivity contribution in [1.29, 1.82) is 0 Å². The van der Waals surface area contributed by atoms with Gasteiger partial charge in [0.1, 0.15) is 5.75 Å². The Morgan fingerprint density at radius 1 is 1.15 bits per heavy atom. The van der Waals surface area contributed by atoms with Gasteiger partial charge in [0.15, 0.2) is 0 Å². The van der Waals surface area contributed by atoms with Crippen molar-refractivity contribution in [2.24, 2.45) is 5.10 Å². The van der Waals surface area contributed by atoms with Gasteiger partial charge in [-0.15, -0.1) is 0 Å². The van der Waals surface area contributed by atoms with E-state index in [0.29, 0.717) is 5.56 Å². The molecule has 2 aromatic carbocycles. The van der Waals surface area contributed by atoms with E-state index in [4.69, 9.17) is 0 Å². The van der Waals surface area contributed by atoms with E-state index in [2.05, 4.69) is 9.93 Å². The van der Waals surface area contributed by atoms with Crippen LogP contribution in [0, 0.1) is 6.92 Å². The molecule has 5 nitrogen and oxygen atoms in total. The van der Waals surface area contributed by atoms with E-state index in [-0.39, 0.29) is 10.6 Å². The lowest BCUT2D eigenvalue weighted by atomic mass is 10.2. The van der Waals surface area contributed by atoms with Crippen molar-refractivity contribution >= 4 is 16.2 Å². The molecule has 20 heavy (non-hydrogen) atoms. The van der Waals surface area contributed by atoms with Gasteiger partial charge in [0, 0.05) is 0 Å². The predicted octanol–water partition coefficient (Wildman–Crippen LogP) is 2.01. The van der Waals surface area contributed by atoms with E-state index in [1.165, 1.54) is 30.5 Å². The Bertz CT molecular complexity index is 722. The maximum Gasteiger partial charge on any atom is 0.276 e. The summed E-state index contributed by atoms with van der Waals surface area (Å²) in [7, 11) is -3.67. The fourth-order valence-corrected chi connectivity index (χ4v) is 2.34. The molecule has 0 spiro atoms. The first kappa shape index (κ1) is 14.1. The van der Waals surface area contributed by atoms with Gasteiger partial charge < -0.3 is 5.11 Å². The average molecular weight is 290 g/mol. The fourth-order valence-electron chi connectivity index (χ4n) is 1.55. The van der Waals surface area contributed by atoms with Gasteiger partial charge >= 0.3 is 0 Å². The summed E-state index contributed by atoms with van der Waals surface area (Å²) in [5, 5.41) is 13.0. The fraction of sp³-hybridized carbons (Fsp3) is 0.0714. The maximum absolute atomic E-state index is 11.9. The first-order valence-electron chi connectivity index (χ1n) is 5.88. The number of aromatic hydroxyl groups is 1. The van der Waals surface area contributed by atoms with E-state index < -0.39 is 10.0 Å². The number of nitrogens with zero attached hydrogens (tertiary/aromatic N) is 1. The highest BCUT2D eigenvalue weighted by Crippen LogP contribution is 2.10. The SMILES string of the molecule is Cc1ccc(S(=O)(=O)N/N=C\c2cccc(O)c2)cc1. The smallest absolute Gasteiger partial charge is 0.276 e. The van der Waals surface area contributed by atoms with E-state index in [1.54, 1.807) is 24.3 Å². The van der Waals surface area contributed by atoms with Crippen molar-refractivity contribution in [3.63, 3.8) is 0 Å². The number of phenols is 1. The first-order valence-corrected chi connectivity index (χ1v) is 7.36. The second-order valence-corrected chi connectivity index (χ2v) is 5.92. The molecule has 0 radical (unpaired) electrons. The van der Waals surface area contributed by atoms with Gasteiger partial charge in [-0.3, -0.25) is 0 Å². The van der Waals surface area contributed by atoms with E-state index in [9.17, 15) is 13.5 Å². The summed E-state index contributed by atoms with van der Waals surface area (Å²) in [6.07, 6.45) is 1.32. The van der Waals surface area contributed by atoms with Crippen LogP contribution in [-0.4, -0.2) is 19.7 Å². The molecule has 0 unspecified atom stereocenters. The van der Waals surface area contributed by atoms with Crippen molar-refractivity contribution in [3.8, 4) is 5.75 Å². The highest BCUT2D eigenvalue weighted by atomic mass is 32.2. The molecule has 0 bridgehead atoms. The van der Waals surface area contributed by atoms with Crippen molar-refractivity contribution < 1.29 is 13.5 Å². The predicted molar refractivity (Wildman–Crippen MR) is 77.2 cm³/mol. The van der Waals surface area contributed by atoms with Gasteiger partial charge in [0.05, 0.1) is 11.1 Å². The molecular weight excluding hydrogens is 276 g/mol. The lowest BCUT2D eigenvalue weighted by Gasteiger charge is -2.03. The molecule has 0 atom stereocenters. The summed E-state index contributed by atoms with van der Waals surface area (Å²) in [6.45, 7) is 1.88. The molecule has 0 aliphatic carbocycles. The summed E-state index contributed by atoms with van der Waals surface area (Å²) in [5.41, 5.74) is 1.57. The Morgan fingerprint density at radius 2 is 1.85 bits per heavy atom. The molecule has 0 heterocycles. The van der Waals surface area contributed by atoms with Crippen LogP contribution in [0.2, 0.25) is 0 Å². The third-order valence-electron chi connectivity index (χ3n) is 2.59. The van der Waals surface area contributed by atoms with Gasteiger partial charge in [-0.2, -0.15) is 13.5 Å². The van der Waals surface area contributed by atoms with Crippen molar-refractivity contribution in [2.45, 2.75) is 11.8 Å². The normalized spacial score (nSPS) is 11.7. The Balaban J connectivity index is 2.11. The molecule has 0 aliphatic heterocycles. The minimum Gasteiger partial charge on any atom is -0.508 e. The molecule has 0 fully saturated rings. The van der Waals surface area contributed by atoms with Crippen LogP contribution < -0.4 is 4.83 Å². The summed E-state index contributed by atoms with van der Waals surface area (Å²) >= 11 is 0. The second kappa shape index (κ2) is 5.75. The van der Waals surface area contributed by atoms with Crippen LogP contribution in [0.4, 0.5) is 0 Å². The van der Waals surface area contributed by atoms with Gasteiger partial charge in [-0.25, -0.2) is 4.83 Å². The number of benzene rings is 2. The minimum atomic E-state index is -3.67. The van der Waals surface area contributed by atoms with Gasteiger partial charge in [0.25, 0.3) is 10.0 Å². The number of hydrogen-bond donors (Lipinski definition) is 2. The molecule has 2 N–H and O–H groups in total. The van der Waals surface area contributed by atoms with Crippen LogP contribution in [0.5, 0.6) is 5.75 Å². The molecule has 0 aromatic heterocycles. The maximum atomic E-state index is 11.9. The minimum absolute atomic E-state index is 0.0929. The van der Waals surface area contributed by atoms with Crippen LogP contribution in [0.15, 0.2) is 58.5 Å². The van der Waals surface area contributed by atoms with Crippen molar-refractivity contribution in [2.75, 3.05) is 0 Å². The third-order valence-corrected chi connectivity index (χ3v) is 3.83. The Hall–Kier alpha value is -2.34. The number of phenolic OH excluding ortho intramolecular Hbond substituents is 1. The topological polar surface area (TPSA) is 78.8 Å². The van der Waals surface area contributed by atoms with Gasteiger partial charge in [-0.1, -0.05) is 29.8 Å². The molecule has 0 saturated carbocycles.